The van der Waals surface area contributed by atoms with Crippen molar-refractivity contribution in [1.29, 1.82) is 0 Å². The number of amides is 1. The van der Waals surface area contributed by atoms with Gasteiger partial charge in [-0.25, -0.2) is 9.78 Å². The van der Waals surface area contributed by atoms with Crippen molar-refractivity contribution in [3.8, 4) is 5.75 Å². The summed E-state index contributed by atoms with van der Waals surface area (Å²) in [6.45, 7) is 2.33. The van der Waals surface area contributed by atoms with Crippen molar-refractivity contribution in [3.63, 3.8) is 0 Å². The highest BCUT2D eigenvalue weighted by molar-refractivity contribution is 5.67. The highest BCUT2D eigenvalue weighted by atomic mass is 19.4. The average molecular weight is 524 g/mol. The Morgan fingerprint density at radius 2 is 1.81 bits per heavy atom. The van der Waals surface area contributed by atoms with Crippen molar-refractivity contribution in [3.05, 3.63) is 52.2 Å². The summed E-state index contributed by atoms with van der Waals surface area (Å²) < 4.78 is 50.7. The molecule has 1 N–H and O–H groups in total. The van der Waals surface area contributed by atoms with Crippen LogP contribution in [0.4, 0.5) is 35.2 Å². The highest BCUT2D eigenvalue weighted by Crippen LogP contribution is 2.38. The lowest BCUT2D eigenvalue weighted by atomic mass is 9.92. The lowest BCUT2D eigenvalue weighted by Gasteiger charge is -2.34. The van der Waals surface area contributed by atoms with E-state index < -0.39 is 22.4 Å². The fraction of sp³-hybridized carbons (Fsp3) is 0.500. The normalized spacial score (nSPS) is 20.3. The minimum atomic E-state index is -4.82. The molecule has 1 aromatic heterocycles. The van der Waals surface area contributed by atoms with E-state index >= 15 is 0 Å². The Morgan fingerprint density at radius 1 is 1.11 bits per heavy atom. The first kappa shape index (κ1) is 26.3. The molecule has 4 rings (SSSR count). The quantitative estimate of drug-likeness (QED) is 0.429. The molecule has 0 radical (unpaired) electrons. The van der Waals surface area contributed by atoms with Crippen LogP contribution in [0.2, 0.25) is 0 Å². The van der Waals surface area contributed by atoms with Crippen LogP contribution in [-0.2, 0) is 10.9 Å². The number of methoxy groups -OCH3 is 1. The zero-order valence-electron chi connectivity index (χ0n) is 20.2. The second kappa shape index (κ2) is 11.1. The number of hydrogen-bond donors (Lipinski definition) is 1. The molecule has 2 aliphatic rings. The standard InChI is InChI=1S/C24H28F3N5O5/c1-36-23(33)31-12-10-30(11-13-31)22-15-19(8-9-28-22)37-18-5-2-16(3-6-18)29-17-4-7-21(32(34)35)20(14-17)24(25,26)27/h4,7-9,14-16,18,29H,2-3,5-6,10-13H2,1H3/t16-,18-. The first-order chi connectivity index (χ1) is 17.6. The highest BCUT2D eigenvalue weighted by Gasteiger charge is 2.38. The third-order valence-corrected chi connectivity index (χ3v) is 6.60. The number of carbonyl (C=O) groups excluding carboxylic acids is 1. The van der Waals surface area contributed by atoms with Gasteiger partial charge in [0.05, 0.1) is 18.1 Å². The largest absolute Gasteiger partial charge is 0.490 e. The van der Waals surface area contributed by atoms with E-state index in [2.05, 4.69) is 15.2 Å². The van der Waals surface area contributed by atoms with Gasteiger partial charge in [0.1, 0.15) is 17.1 Å². The molecule has 1 saturated heterocycles. The summed E-state index contributed by atoms with van der Waals surface area (Å²) in [5.74, 6) is 1.44. The maximum Gasteiger partial charge on any atom is 0.423 e. The zero-order chi connectivity index (χ0) is 26.6. The first-order valence-electron chi connectivity index (χ1n) is 12.0. The third kappa shape index (κ3) is 6.52. The Morgan fingerprint density at radius 3 is 2.43 bits per heavy atom. The molecule has 1 saturated carbocycles. The van der Waals surface area contributed by atoms with Gasteiger partial charge in [0.15, 0.2) is 0 Å². The summed E-state index contributed by atoms with van der Waals surface area (Å²) in [6.07, 6.45) is -0.775. The molecular formula is C24H28F3N5O5. The van der Waals surface area contributed by atoms with E-state index in [9.17, 15) is 28.1 Å². The van der Waals surface area contributed by atoms with E-state index in [1.807, 2.05) is 6.07 Å². The molecule has 0 atom stereocenters. The number of piperazine rings is 1. The van der Waals surface area contributed by atoms with Crippen LogP contribution in [0.1, 0.15) is 31.2 Å². The predicted molar refractivity (Wildman–Crippen MR) is 129 cm³/mol. The Balaban J connectivity index is 1.30. The molecule has 13 heteroatoms. The van der Waals surface area contributed by atoms with Gasteiger partial charge in [-0.1, -0.05) is 0 Å². The number of nitro benzene ring substituents is 1. The molecule has 0 unspecified atom stereocenters. The van der Waals surface area contributed by atoms with Gasteiger partial charge in [-0.15, -0.1) is 0 Å². The second-order valence-electron chi connectivity index (χ2n) is 9.02. The summed E-state index contributed by atoms with van der Waals surface area (Å²) in [6, 6.07) is 6.57. The molecule has 1 aromatic carbocycles. The Hall–Kier alpha value is -3.77. The van der Waals surface area contributed by atoms with E-state index in [1.54, 1.807) is 17.2 Å². The van der Waals surface area contributed by atoms with Crippen LogP contribution >= 0.6 is 0 Å². The molecule has 1 amide bonds. The summed E-state index contributed by atoms with van der Waals surface area (Å²) in [7, 11) is 1.36. The van der Waals surface area contributed by atoms with Gasteiger partial charge in [-0.2, -0.15) is 13.2 Å². The number of nitrogens with one attached hydrogen (secondary N) is 1. The lowest BCUT2D eigenvalue weighted by Crippen LogP contribution is -2.49. The smallest absolute Gasteiger partial charge is 0.423 e. The molecule has 1 aliphatic carbocycles. The van der Waals surface area contributed by atoms with Crippen LogP contribution in [0.25, 0.3) is 0 Å². The summed E-state index contributed by atoms with van der Waals surface area (Å²) >= 11 is 0. The van der Waals surface area contributed by atoms with Gasteiger partial charge >= 0.3 is 12.3 Å². The molecular weight excluding hydrogens is 495 g/mol. The Bertz CT molecular complexity index is 1120. The molecule has 2 fully saturated rings. The topological polar surface area (TPSA) is 110 Å². The van der Waals surface area contributed by atoms with Crippen molar-refractivity contribution in [2.45, 2.75) is 44.0 Å². The molecule has 0 bridgehead atoms. The Kier molecular flexibility index (Phi) is 7.89. The molecule has 2 heterocycles. The molecule has 10 nitrogen and oxygen atoms in total. The van der Waals surface area contributed by atoms with Gasteiger partial charge in [-0.3, -0.25) is 10.1 Å². The number of alkyl halides is 3. The van der Waals surface area contributed by atoms with Crippen molar-refractivity contribution in [2.75, 3.05) is 43.5 Å². The zero-order valence-corrected chi connectivity index (χ0v) is 20.2. The average Bonchev–Trinajstić information content (AvgIpc) is 2.89. The number of ether oxygens (including phenoxy) is 2. The van der Waals surface area contributed by atoms with E-state index in [0.717, 1.165) is 18.0 Å². The molecule has 0 spiro atoms. The molecule has 1 aliphatic heterocycles. The summed E-state index contributed by atoms with van der Waals surface area (Å²) in [4.78, 5) is 29.8. The second-order valence-corrected chi connectivity index (χ2v) is 9.02. The number of rotatable bonds is 6. The van der Waals surface area contributed by atoms with Crippen molar-refractivity contribution >= 4 is 23.3 Å². The van der Waals surface area contributed by atoms with Crippen molar-refractivity contribution in [1.82, 2.24) is 9.88 Å². The van der Waals surface area contributed by atoms with Crippen LogP contribution in [0, 0.1) is 10.1 Å². The number of nitro groups is 1. The van der Waals surface area contributed by atoms with E-state index in [4.69, 9.17) is 9.47 Å². The Labute approximate surface area is 211 Å². The minimum Gasteiger partial charge on any atom is -0.490 e. The number of carbonyl (C=O) groups is 1. The molecule has 37 heavy (non-hydrogen) atoms. The van der Waals surface area contributed by atoms with E-state index in [-0.39, 0.29) is 23.9 Å². The van der Waals surface area contributed by atoms with Crippen LogP contribution in [0.3, 0.4) is 0 Å². The predicted octanol–water partition coefficient (Wildman–Crippen LogP) is 4.70. The van der Waals surface area contributed by atoms with Crippen molar-refractivity contribution < 1.29 is 32.4 Å². The SMILES string of the molecule is COC(=O)N1CCN(c2cc(O[C@H]3CC[C@H](Nc4ccc([N+](=O)[O-])c(C(F)(F)F)c4)CC3)ccn2)CC1. The maximum absolute atomic E-state index is 13.3. The fourth-order valence-corrected chi connectivity index (χ4v) is 4.66. The van der Waals surface area contributed by atoms with Crippen LogP contribution in [0.15, 0.2) is 36.5 Å². The number of benzene rings is 1. The first-order valence-corrected chi connectivity index (χ1v) is 12.0. The number of halogens is 3. The number of nitrogens with zero attached hydrogens (tertiary/aromatic N) is 4. The molecule has 200 valence electrons. The number of anilines is 2. The molecule has 2 aromatic rings. The van der Waals surface area contributed by atoms with Crippen LogP contribution in [0.5, 0.6) is 5.75 Å². The van der Waals surface area contributed by atoms with Crippen LogP contribution < -0.4 is 15.0 Å². The van der Waals surface area contributed by atoms with Gasteiger partial charge in [0.2, 0.25) is 0 Å². The number of hydrogen-bond acceptors (Lipinski definition) is 8. The summed E-state index contributed by atoms with van der Waals surface area (Å²) in [5.41, 5.74) is -2.02. The van der Waals surface area contributed by atoms with Gasteiger partial charge < -0.3 is 24.6 Å². The van der Waals surface area contributed by atoms with E-state index in [0.29, 0.717) is 57.6 Å². The van der Waals surface area contributed by atoms with E-state index in [1.165, 1.54) is 13.2 Å². The van der Waals surface area contributed by atoms with Crippen LogP contribution in [-0.4, -0.2) is 66.3 Å². The fourth-order valence-electron chi connectivity index (χ4n) is 4.66. The van der Waals surface area contributed by atoms with Gasteiger partial charge in [0.25, 0.3) is 5.69 Å². The lowest BCUT2D eigenvalue weighted by molar-refractivity contribution is -0.388. The van der Waals surface area contributed by atoms with Crippen molar-refractivity contribution in [2.24, 2.45) is 0 Å². The monoisotopic (exact) mass is 523 g/mol. The minimum absolute atomic E-state index is 0.0490. The summed E-state index contributed by atoms with van der Waals surface area (Å²) in [5, 5.41) is 14.0. The van der Waals surface area contributed by atoms with Gasteiger partial charge in [-0.05, 0) is 43.9 Å². The third-order valence-electron chi connectivity index (χ3n) is 6.60. The number of pyridine rings is 1. The number of aromatic nitrogens is 1. The van der Waals surface area contributed by atoms with Gasteiger partial charge in [0, 0.05) is 56.2 Å². The maximum atomic E-state index is 13.3.